The predicted octanol–water partition coefficient (Wildman–Crippen LogP) is 1.96. The maximum atomic E-state index is 13.4. The molecule has 2 fully saturated rings. The number of nitrogens with two attached hydrogens (primary N) is 1. The predicted molar refractivity (Wildman–Crippen MR) is 152 cm³/mol. The maximum Gasteiger partial charge on any atom is 0.506 e. The second-order valence-electron chi connectivity index (χ2n) is 10.3. The van der Waals surface area contributed by atoms with Crippen LogP contribution in [-0.2, 0) is 33.5 Å². The summed E-state index contributed by atoms with van der Waals surface area (Å²) in [6.45, 7) is 4.25. The summed E-state index contributed by atoms with van der Waals surface area (Å²) in [6.07, 6.45) is -0.401. The fourth-order valence-corrected chi connectivity index (χ4v) is 6.41. The van der Waals surface area contributed by atoms with Gasteiger partial charge < -0.3 is 35.6 Å². The zero-order valence-corrected chi connectivity index (χ0v) is 25.2. The Morgan fingerprint density at radius 1 is 1.29 bits per heavy atom. The van der Waals surface area contributed by atoms with Crippen LogP contribution in [0.5, 0.6) is 0 Å². The van der Waals surface area contributed by atoms with Gasteiger partial charge >= 0.3 is 18.1 Å². The number of hydrogen-bond donors (Lipinski definition) is 4. The number of halogens is 1. The first-order chi connectivity index (χ1) is 19.2. The van der Waals surface area contributed by atoms with Crippen molar-refractivity contribution in [2.45, 2.75) is 69.1 Å². The number of carbonyl (C=O) groups excluding carboxylic acids is 3. The summed E-state index contributed by atoms with van der Waals surface area (Å²) in [6, 6.07) is -1.00. The van der Waals surface area contributed by atoms with Crippen LogP contribution in [0.25, 0.3) is 0 Å². The van der Waals surface area contributed by atoms with Gasteiger partial charge in [-0.05, 0) is 25.8 Å². The van der Waals surface area contributed by atoms with Crippen LogP contribution in [0.4, 0.5) is 9.93 Å². The van der Waals surface area contributed by atoms with Crippen molar-refractivity contribution in [3.8, 4) is 0 Å². The molecule has 230 valence electrons. The number of amides is 2. The quantitative estimate of drug-likeness (QED) is 0.117. The monoisotopic (exact) mass is 647 g/mol. The highest BCUT2D eigenvalue weighted by molar-refractivity contribution is 8.00. The summed E-state index contributed by atoms with van der Waals surface area (Å²) in [7, 11) is 0. The fourth-order valence-electron chi connectivity index (χ4n) is 4.48. The first kappa shape index (κ1) is 32.9. The third-order valence-electron chi connectivity index (χ3n) is 6.71. The first-order valence-corrected chi connectivity index (χ1v) is 14.4. The third-order valence-corrected chi connectivity index (χ3v) is 8.72. The molecule has 2 atom stereocenters. The highest BCUT2D eigenvalue weighted by Crippen LogP contribution is 2.43. The molecule has 1 saturated carbocycles. The molecule has 15 nitrogen and oxygen atoms in total. The van der Waals surface area contributed by atoms with E-state index in [4.69, 9.17) is 25.2 Å². The van der Waals surface area contributed by atoms with Crippen molar-refractivity contribution in [2.24, 2.45) is 5.16 Å². The highest BCUT2D eigenvalue weighted by atomic mass is 35.5. The van der Waals surface area contributed by atoms with Crippen LogP contribution in [0, 0.1) is 0 Å². The van der Waals surface area contributed by atoms with E-state index in [1.807, 2.05) is 0 Å². The average molecular weight is 648 g/mol. The van der Waals surface area contributed by atoms with E-state index in [9.17, 15) is 29.1 Å². The molecule has 0 spiro atoms. The van der Waals surface area contributed by atoms with Crippen LogP contribution in [0.1, 0.15) is 52.1 Å². The molecule has 42 heavy (non-hydrogen) atoms. The molecule has 18 heteroatoms. The largest absolute Gasteiger partial charge is 0.506 e. The Morgan fingerprint density at radius 3 is 2.50 bits per heavy atom. The molecule has 2 amide bonds. The second kappa shape index (κ2) is 12.7. The van der Waals surface area contributed by atoms with Crippen molar-refractivity contribution in [3.05, 3.63) is 22.3 Å². The lowest BCUT2D eigenvalue weighted by Crippen LogP contribution is -2.70. The van der Waals surface area contributed by atoms with Gasteiger partial charge in [0.15, 0.2) is 10.8 Å². The van der Waals surface area contributed by atoms with Gasteiger partial charge in [0.1, 0.15) is 29.3 Å². The van der Waals surface area contributed by atoms with E-state index >= 15 is 0 Å². The molecule has 4 rings (SSSR count). The smallest absolute Gasteiger partial charge is 0.478 e. The van der Waals surface area contributed by atoms with E-state index in [1.165, 1.54) is 29.0 Å². The number of aromatic nitrogens is 1. The van der Waals surface area contributed by atoms with Gasteiger partial charge in [0, 0.05) is 43.0 Å². The van der Waals surface area contributed by atoms with Gasteiger partial charge in [0.2, 0.25) is 5.60 Å². The number of ether oxygens (including phenoxy) is 2. The third kappa shape index (κ3) is 6.90. The summed E-state index contributed by atoms with van der Waals surface area (Å²) in [5, 5.41) is 26.2. The van der Waals surface area contributed by atoms with Gasteiger partial charge in [-0.3, -0.25) is 19.3 Å². The number of hydrogen-bond acceptors (Lipinski definition) is 13. The van der Waals surface area contributed by atoms with E-state index in [1.54, 1.807) is 13.8 Å². The van der Waals surface area contributed by atoms with E-state index in [2.05, 4.69) is 15.5 Å². The number of thiazole rings is 1. The molecule has 2 aliphatic heterocycles. The molecular weight excluding hydrogens is 618 g/mol. The van der Waals surface area contributed by atoms with Crippen molar-refractivity contribution >= 4 is 76.3 Å². The number of thioether (sulfide) groups is 1. The molecule has 3 aliphatic rings. The Labute approximate surface area is 254 Å². The van der Waals surface area contributed by atoms with Gasteiger partial charge in [-0.2, -0.15) is 0 Å². The zero-order chi connectivity index (χ0) is 30.1. The fraction of sp³-hybridized carbons (Fsp3) is 0.542. The number of aliphatic carboxylic acids is 1. The topological polar surface area (TPSA) is 220 Å². The summed E-state index contributed by atoms with van der Waals surface area (Å²) >= 11 is 2.36. The molecule has 1 saturated heterocycles. The highest BCUT2D eigenvalue weighted by Gasteiger charge is 2.54. The van der Waals surface area contributed by atoms with Crippen molar-refractivity contribution in [3.63, 3.8) is 0 Å². The molecule has 1 aromatic rings. The Kier molecular flexibility index (Phi) is 10.00. The Morgan fingerprint density at radius 2 is 1.98 bits per heavy atom. The van der Waals surface area contributed by atoms with Crippen molar-refractivity contribution in [1.29, 1.82) is 0 Å². The van der Waals surface area contributed by atoms with Crippen molar-refractivity contribution < 1.29 is 48.5 Å². The number of esters is 1. The Bertz CT molecular complexity index is 1340. The second-order valence-corrected chi connectivity index (χ2v) is 12.2. The minimum absolute atomic E-state index is 0. The zero-order valence-electron chi connectivity index (χ0n) is 22.8. The first-order valence-electron chi connectivity index (χ1n) is 12.5. The Balaban J connectivity index is 0.00000484. The summed E-state index contributed by atoms with van der Waals surface area (Å²) in [5.74, 6) is -2.70. The molecule has 1 aromatic heterocycles. The summed E-state index contributed by atoms with van der Waals surface area (Å²) < 4.78 is 10.1. The Hall–Kier alpha value is -3.57. The number of nitrogens with one attached hydrogen (secondary N) is 1. The molecule has 3 heterocycles. The lowest BCUT2D eigenvalue weighted by Gasteiger charge is -2.51. The number of carboxylic acids is 1. The number of β-lactam (4-membered cyclic amide) rings is 1. The summed E-state index contributed by atoms with van der Waals surface area (Å²) in [4.78, 5) is 71.9. The van der Waals surface area contributed by atoms with Crippen LogP contribution >= 0.6 is 35.5 Å². The standard InChI is InChI=1S/C24H29N5O10S2.ClH/c1-11(30)37-8-12-9-40-19-16(18(32)29(19)14(12)7-23(2,3)38-22(35)36)27-17(31)15(13-10-41-21(25)26-13)28-39-24(20(33)34)5-4-6-24;/h10,16,19H,4-9H2,1-3H3,(H2,25,26)(H,27,31)(H,33,34)(H,35,36);1H/b28-15-;/t16-,19-;/m1./s1. The molecule has 5 N–H and O–H groups in total. The lowest BCUT2D eigenvalue weighted by molar-refractivity contribution is -0.178. The number of carboxylic acid groups (broad SMARTS) is 2. The van der Waals surface area contributed by atoms with Crippen LogP contribution in [0.15, 0.2) is 21.8 Å². The number of fused-ring (bicyclic) bond motifs is 1. The molecule has 0 unspecified atom stereocenters. The minimum Gasteiger partial charge on any atom is -0.478 e. The number of nitrogens with zero attached hydrogens (tertiary/aromatic N) is 3. The molecule has 0 bridgehead atoms. The van der Waals surface area contributed by atoms with Crippen LogP contribution in [0.3, 0.4) is 0 Å². The normalized spacial score (nSPS) is 21.2. The molecule has 0 radical (unpaired) electrons. The lowest BCUT2D eigenvalue weighted by atomic mass is 9.80. The van der Waals surface area contributed by atoms with Gasteiger partial charge in [-0.1, -0.05) is 5.16 Å². The number of rotatable bonds is 11. The van der Waals surface area contributed by atoms with Crippen LogP contribution in [0.2, 0.25) is 0 Å². The molecule has 1 aliphatic carbocycles. The van der Waals surface area contributed by atoms with E-state index in [0.717, 1.165) is 11.3 Å². The van der Waals surface area contributed by atoms with Crippen molar-refractivity contribution in [2.75, 3.05) is 18.1 Å². The average Bonchev–Trinajstić information content (AvgIpc) is 3.26. The maximum absolute atomic E-state index is 13.4. The molecular formula is C24H30ClN5O10S2. The van der Waals surface area contributed by atoms with E-state index in [-0.39, 0.29) is 54.8 Å². The minimum atomic E-state index is -1.54. The number of oxime groups is 1. The van der Waals surface area contributed by atoms with Gasteiger partial charge in [-0.15, -0.1) is 35.5 Å². The summed E-state index contributed by atoms with van der Waals surface area (Å²) in [5.41, 5.74) is 3.73. The van der Waals surface area contributed by atoms with Crippen molar-refractivity contribution in [1.82, 2.24) is 15.2 Å². The van der Waals surface area contributed by atoms with Gasteiger partial charge in [0.25, 0.3) is 11.8 Å². The SMILES string of the molecule is CC(=O)OCC1=C(CC(C)(C)OC(=O)O)N2C(=O)[C@@H](NC(=O)/C(=N\OC3(C(=O)O)CCC3)c3csc(N)n3)[C@H]2SC1.Cl. The van der Waals surface area contributed by atoms with Gasteiger partial charge in [-0.25, -0.2) is 14.6 Å². The number of carbonyl (C=O) groups is 5. The molecule has 0 aromatic carbocycles. The number of anilines is 1. The number of nitrogen functional groups attached to an aromatic ring is 1. The van der Waals surface area contributed by atoms with Crippen LogP contribution in [-0.4, -0.2) is 90.7 Å². The van der Waals surface area contributed by atoms with E-state index < -0.39 is 52.5 Å². The van der Waals surface area contributed by atoms with Gasteiger partial charge in [0.05, 0.1) is 0 Å². The van der Waals surface area contributed by atoms with Crippen LogP contribution < -0.4 is 11.1 Å². The van der Waals surface area contributed by atoms with E-state index in [0.29, 0.717) is 23.4 Å².